The number of benzene rings is 1. The molecule has 1 rings (SSSR count). The predicted molar refractivity (Wildman–Crippen MR) is 85.9 cm³/mol. The Morgan fingerprint density at radius 2 is 1.90 bits per heavy atom. The van der Waals surface area contributed by atoms with E-state index in [0.717, 1.165) is 0 Å². The van der Waals surface area contributed by atoms with E-state index in [1.54, 1.807) is 18.2 Å². The normalized spacial score (nSPS) is 10.6. The molecule has 21 heavy (non-hydrogen) atoms. The van der Waals surface area contributed by atoms with E-state index in [1.165, 1.54) is 4.90 Å². The number of hydrogen-bond donors (Lipinski definition) is 0. The van der Waals surface area contributed by atoms with E-state index in [-0.39, 0.29) is 0 Å². The third kappa shape index (κ3) is 5.34. The molecule has 0 radical (unpaired) electrons. The molecule has 114 valence electrons. The number of amides is 1. The number of rotatable bonds is 6. The largest absolute Gasteiger partial charge is 0.487 e. The van der Waals surface area contributed by atoms with Gasteiger partial charge in [-0.2, -0.15) is 0 Å². The van der Waals surface area contributed by atoms with Crippen molar-refractivity contribution in [2.45, 2.75) is 26.4 Å². The highest BCUT2D eigenvalue weighted by molar-refractivity contribution is 5.90. The second-order valence-electron chi connectivity index (χ2n) is 5.45. The molecule has 0 aromatic heterocycles. The van der Waals surface area contributed by atoms with Gasteiger partial charge in [0.25, 0.3) is 0 Å². The molecule has 0 atom stereocenters. The molecule has 0 aliphatic heterocycles. The molecular formula is C17H23NO3. The smallest absolute Gasteiger partial charge is 0.415 e. The van der Waals surface area contributed by atoms with Gasteiger partial charge in [-0.15, -0.1) is 6.58 Å². The zero-order chi connectivity index (χ0) is 15.9. The monoisotopic (exact) mass is 289 g/mol. The Hall–Kier alpha value is -2.23. The Kier molecular flexibility index (Phi) is 6.03. The van der Waals surface area contributed by atoms with E-state index in [1.807, 2.05) is 39.0 Å². The third-order valence-electron chi connectivity index (χ3n) is 2.44. The van der Waals surface area contributed by atoms with Gasteiger partial charge in [-0.3, -0.25) is 4.90 Å². The number of nitrogens with zero attached hydrogens (tertiary/aromatic N) is 1. The minimum absolute atomic E-state index is 0.337. The maximum atomic E-state index is 12.4. The molecule has 1 aromatic rings. The first-order valence-electron chi connectivity index (χ1n) is 6.83. The van der Waals surface area contributed by atoms with Gasteiger partial charge >= 0.3 is 6.09 Å². The fraction of sp³-hybridized carbons (Fsp3) is 0.353. The van der Waals surface area contributed by atoms with Crippen LogP contribution < -0.4 is 9.64 Å². The fourth-order valence-electron chi connectivity index (χ4n) is 1.67. The average molecular weight is 289 g/mol. The molecule has 1 amide bonds. The number of anilines is 1. The van der Waals surface area contributed by atoms with Crippen LogP contribution in [0.1, 0.15) is 20.8 Å². The SMILES string of the molecule is C=CCOc1ccccc1N(CC=C)C(=O)OC(C)(C)C. The summed E-state index contributed by atoms with van der Waals surface area (Å²) in [5, 5.41) is 0. The molecule has 0 unspecified atom stereocenters. The Balaban J connectivity index is 3.07. The van der Waals surface area contributed by atoms with Gasteiger partial charge in [0.05, 0.1) is 5.69 Å². The van der Waals surface area contributed by atoms with Crippen molar-refractivity contribution in [2.75, 3.05) is 18.1 Å². The Morgan fingerprint density at radius 3 is 2.48 bits per heavy atom. The molecule has 0 spiro atoms. The van der Waals surface area contributed by atoms with Crippen LogP contribution in [0, 0.1) is 0 Å². The number of carbonyl (C=O) groups excluding carboxylic acids is 1. The highest BCUT2D eigenvalue weighted by Gasteiger charge is 2.24. The van der Waals surface area contributed by atoms with E-state index in [4.69, 9.17) is 9.47 Å². The van der Waals surface area contributed by atoms with Gasteiger partial charge in [-0.25, -0.2) is 4.79 Å². The Labute approximate surface area is 126 Å². The zero-order valence-electron chi connectivity index (χ0n) is 13.0. The molecule has 1 aromatic carbocycles. The lowest BCUT2D eigenvalue weighted by Gasteiger charge is -2.27. The lowest BCUT2D eigenvalue weighted by molar-refractivity contribution is 0.0583. The van der Waals surface area contributed by atoms with Crippen LogP contribution in [-0.4, -0.2) is 24.8 Å². The highest BCUT2D eigenvalue weighted by atomic mass is 16.6. The Bertz CT molecular complexity index is 503. The van der Waals surface area contributed by atoms with Crippen LogP contribution >= 0.6 is 0 Å². The molecule has 0 saturated heterocycles. The van der Waals surface area contributed by atoms with Crippen molar-refractivity contribution in [3.63, 3.8) is 0 Å². The van der Waals surface area contributed by atoms with E-state index in [2.05, 4.69) is 13.2 Å². The third-order valence-corrected chi connectivity index (χ3v) is 2.44. The first kappa shape index (κ1) is 16.8. The van der Waals surface area contributed by atoms with Gasteiger partial charge in [0.1, 0.15) is 18.0 Å². The molecular weight excluding hydrogens is 266 g/mol. The molecule has 0 heterocycles. The second-order valence-corrected chi connectivity index (χ2v) is 5.45. The highest BCUT2D eigenvalue weighted by Crippen LogP contribution is 2.29. The van der Waals surface area contributed by atoms with Crippen LogP contribution in [0.3, 0.4) is 0 Å². The van der Waals surface area contributed by atoms with Crippen LogP contribution in [0.15, 0.2) is 49.6 Å². The van der Waals surface area contributed by atoms with Crippen molar-refractivity contribution in [1.82, 2.24) is 0 Å². The molecule has 4 nitrogen and oxygen atoms in total. The standard InChI is InChI=1S/C17H23NO3/c1-6-12-18(16(19)21-17(3,4)5)14-10-8-9-11-15(14)20-13-7-2/h6-11H,1-2,12-13H2,3-5H3. The summed E-state index contributed by atoms with van der Waals surface area (Å²) in [4.78, 5) is 13.9. The lowest BCUT2D eigenvalue weighted by Crippen LogP contribution is -2.37. The van der Waals surface area contributed by atoms with Gasteiger partial charge in [0, 0.05) is 6.54 Å². The number of carbonyl (C=O) groups is 1. The predicted octanol–water partition coefficient (Wildman–Crippen LogP) is 4.18. The maximum absolute atomic E-state index is 12.4. The molecule has 0 N–H and O–H groups in total. The maximum Gasteiger partial charge on any atom is 0.415 e. The molecule has 0 saturated carbocycles. The van der Waals surface area contributed by atoms with Gasteiger partial charge in [0.15, 0.2) is 0 Å². The summed E-state index contributed by atoms with van der Waals surface area (Å²) in [6.45, 7) is 13.5. The molecule has 0 fully saturated rings. The summed E-state index contributed by atoms with van der Waals surface area (Å²) in [7, 11) is 0. The summed E-state index contributed by atoms with van der Waals surface area (Å²) < 4.78 is 11.0. The minimum Gasteiger partial charge on any atom is -0.487 e. The van der Waals surface area contributed by atoms with Crippen LogP contribution in [0.4, 0.5) is 10.5 Å². The number of para-hydroxylation sites is 2. The average Bonchev–Trinajstić information content (AvgIpc) is 2.41. The van der Waals surface area contributed by atoms with Gasteiger partial charge in [-0.1, -0.05) is 30.9 Å². The van der Waals surface area contributed by atoms with E-state index in [9.17, 15) is 4.79 Å². The molecule has 0 aliphatic rings. The van der Waals surface area contributed by atoms with Crippen LogP contribution in [0.25, 0.3) is 0 Å². The first-order valence-corrected chi connectivity index (χ1v) is 6.83. The van der Waals surface area contributed by atoms with E-state index >= 15 is 0 Å². The van der Waals surface area contributed by atoms with Crippen LogP contribution in [-0.2, 0) is 4.74 Å². The van der Waals surface area contributed by atoms with Crippen molar-refractivity contribution >= 4 is 11.8 Å². The molecule has 0 aliphatic carbocycles. The van der Waals surface area contributed by atoms with E-state index in [0.29, 0.717) is 24.6 Å². The minimum atomic E-state index is -0.562. The van der Waals surface area contributed by atoms with Crippen molar-refractivity contribution in [3.8, 4) is 5.75 Å². The van der Waals surface area contributed by atoms with Gasteiger partial charge < -0.3 is 9.47 Å². The fourth-order valence-corrected chi connectivity index (χ4v) is 1.67. The van der Waals surface area contributed by atoms with E-state index < -0.39 is 11.7 Å². The van der Waals surface area contributed by atoms with Crippen molar-refractivity contribution in [3.05, 3.63) is 49.6 Å². The summed E-state index contributed by atoms with van der Waals surface area (Å²) in [6.07, 6.45) is 2.87. The zero-order valence-corrected chi connectivity index (χ0v) is 13.0. The summed E-state index contributed by atoms with van der Waals surface area (Å²) in [6, 6.07) is 7.31. The van der Waals surface area contributed by atoms with Crippen LogP contribution in [0.2, 0.25) is 0 Å². The molecule has 4 heteroatoms. The Morgan fingerprint density at radius 1 is 1.24 bits per heavy atom. The summed E-state index contributed by atoms with van der Waals surface area (Å²) >= 11 is 0. The van der Waals surface area contributed by atoms with Crippen molar-refractivity contribution in [2.24, 2.45) is 0 Å². The first-order chi connectivity index (χ1) is 9.89. The quantitative estimate of drug-likeness (QED) is 0.737. The number of hydrogen-bond acceptors (Lipinski definition) is 3. The summed E-state index contributed by atoms with van der Waals surface area (Å²) in [5.74, 6) is 0.602. The molecule has 0 bridgehead atoms. The van der Waals surface area contributed by atoms with Crippen molar-refractivity contribution in [1.29, 1.82) is 0 Å². The second kappa shape index (κ2) is 7.53. The summed E-state index contributed by atoms with van der Waals surface area (Å²) in [5.41, 5.74) is 0.0847. The number of ether oxygens (including phenoxy) is 2. The van der Waals surface area contributed by atoms with Gasteiger partial charge in [0.2, 0.25) is 0 Å². The van der Waals surface area contributed by atoms with Crippen LogP contribution in [0.5, 0.6) is 5.75 Å². The lowest BCUT2D eigenvalue weighted by atomic mass is 10.2. The van der Waals surface area contributed by atoms with Gasteiger partial charge in [-0.05, 0) is 32.9 Å². The van der Waals surface area contributed by atoms with Crippen molar-refractivity contribution < 1.29 is 14.3 Å². The topological polar surface area (TPSA) is 38.8 Å².